The lowest BCUT2D eigenvalue weighted by Crippen LogP contribution is -1.96. The number of hydrogen-bond acceptors (Lipinski definition) is 2. The van der Waals surface area contributed by atoms with Crippen molar-refractivity contribution in [2.24, 2.45) is 0 Å². The minimum Gasteiger partial charge on any atom is -0.438 e. The van der Waals surface area contributed by atoms with Crippen LogP contribution < -0.4 is 4.74 Å². The molecule has 0 spiro atoms. The second-order valence-electron chi connectivity index (χ2n) is 4.59. The smallest absolute Gasteiger partial charge is 0.233 e. The Labute approximate surface area is 116 Å². The summed E-state index contributed by atoms with van der Waals surface area (Å²) >= 11 is 3.45. The van der Waals surface area contributed by atoms with E-state index < -0.39 is 0 Å². The number of benzene rings is 1. The summed E-state index contributed by atoms with van der Waals surface area (Å²) in [6.45, 7) is 6.38. The summed E-state index contributed by atoms with van der Waals surface area (Å²) in [5, 5.41) is 0. The predicted octanol–water partition coefficient (Wildman–Crippen LogP) is 5.07. The van der Waals surface area contributed by atoms with Crippen molar-refractivity contribution in [1.29, 1.82) is 0 Å². The summed E-state index contributed by atoms with van der Waals surface area (Å²) in [7, 11) is 0. The quantitative estimate of drug-likeness (QED) is 0.790. The number of nitrogens with zero attached hydrogens (tertiary/aromatic N) is 1. The number of ether oxygens (including phenoxy) is 1. The Morgan fingerprint density at radius 3 is 2.67 bits per heavy atom. The summed E-state index contributed by atoms with van der Waals surface area (Å²) < 4.78 is 6.79. The summed E-state index contributed by atoms with van der Waals surface area (Å²) in [5.74, 6) is 1.90. The number of hydrogen-bond donors (Lipinski definition) is 0. The van der Waals surface area contributed by atoms with Gasteiger partial charge in [0.25, 0.3) is 0 Å². The minimum atomic E-state index is 0.420. The van der Waals surface area contributed by atoms with Gasteiger partial charge in [-0.1, -0.05) is 26.0 Å². The average Bonchev–Trinajstić information content (AvgIpc) is 2.32. The van der Waals surface area contributed by atoms with Crippen molar-refractivity contribution >= 4 is 15.9 Å². The molecule has 3 heteroatoms. The lowest BCUT2D eigenvalue weighted by molar-refractivity contribution is 0.451. The number of rotatable bonds is 3. The highest BCUT2D eigenvalue weighted by Gasteiger charge is 2.11. The van der Waals surface area contributed by atoms with Crippen LogP contribution in [0.5, 0.6) is 11.6 Å². The second kappa shape index (κ2) is 5.53. The number of aryl methyl sites for hydroxylation is 1. The van der Waals surface area contributed by atoms with Gasteiger partial charge in [-0.2, -0.15) is 0 Å². The fraction of sp³-hybridized carbons (Fsp3) is 0.267. The molecule has 0 unspecified atom stereocenters. The van der Waals surface area contributed by atoms with Gasteiger partial charge in [0.1, 0.15) is 5.75 Å². The fourth-order valence-corrected chi connectivity index (χ4v) is 2.09. The molecular formula is C15H16BrNO. The summed E-state index contributed by atoms with van der Waals surface area (Å²) in [6.07, 6.45) is 1.73. The molecule has 2 rings (SSSR count). The van der Waals surface area contributed by atoms with Gasteiger partial charge < -0.3 is 4.74 Å². The van der Waals surface area contributed by atoms with Gasteiger partial charge in [-0.05, 0) is 58.1 Å². The Balaban J connectivity index is 2.39. The Morgan fingerprint density at radius 2 is 2.00 bits per heavy atom. The van der Waals surface area contributed by atoms with E-state index in [-0.39, 0.29) is 0 Å². The first kappa shape index (κ1) is 13.1. The molecular weight excluding hydrogens is 290 g/mol. The second-order valence-corrected chi connectivity index (χ2v) is 5.44. The van der Waals surface area contributed by atoms with Crippen molar-refractivity contribution in [3.8, 4) is 11.6 Å². The van der Waals surface area contributed by atoms with Gasteiger partial charge in [-0.15, -0.1) is 0 Å². The molecule has 0 amide bonds. The van der Waals surface area contributed by atoms with Gasteiger partial charge >= 0.3 is 0 Å². The van der Waals surface area contributed by atoms with Crippen molar-refractivity contribution in [2.75, 3.05) is 0 Å². The van der Waals surface area contributed by atoms with Crippen LogP contribution in [0.3, 0.4) is 0 Å². The Morgan fingerprint density at radius 1 is 1.22 bits per heavy atom. The van der Waals surface area contributed by atoms with Crippen LogP contribution in [-0.4, -0.2) is 4.98 Å². The molecule has 0 fully saturated rings. The van der Waals surface area contributed by atoms with Crippen LogP contribution in [0.4, 0.5) is 0 Å². The van der Waals surface area contributed by atoms with Gasteiger partial charge in [-0.3, -0.25) is 0 Å². The molecule has 2 aromatic rings. The molecule has 2 nitrogen and oxygen atoms in total. The number of halogens is 1. The molecule has 0 radical (unpaired) electrons. The van der Waals surface area contributed by atoms with Crippen molar-refractivity contribution < 1.29 is 4.74 Å². The van der Waals surface area contributed by atoms with E-state index in [0.29, 0.717) is 11.8 Å². The van der Waals surface area contributed by atoms with E-state index in [4.69, 9.17) is 4.74 Å². The SMILES string of the molecule is Cc1ccc(C(C)C)c(Oc2ncccc2Br)c1. The van der Waals surface area contributed by atoms with Crippen LogP contribution in [-0.2, 0) is 0 Å². The maximum Gasteiger partial charge on any atom is 0.233 e. The predicted molar refractivity (Wildman–Crippen MR) is 77.3 cm³/mol. The maximum atomic E-state index is 5.92. The van der Waals surface area contributed by atoms with Crippen LogP contribution in [0.1, 0.15) is 30.9 Å². The van der Waals surface area contributed by atoms with Gasteiger partial charge in [0.15, 0.2) is 0 Å². The van der Waals surface area contributed by atoms with E-state index in [9.17, 15) is 0 Å². The zero-order valence-corrected chi connectivity index (χ0v) is 12.4. The van der Waals surface area contributed by atoms with Gasteiger partial charge in [0.2, 0.25) is 5.88 Å². The summed E-state index contributed by atoms with van der Waals surface area (Å²) in [5.41, 5.74) is 2.37. The topological polar surface area (TPSA) is 22.1 Å². The molecule has 0 aliphatic carbocycles. The standard InChI is InChI=1S/C15H16BrNO/c1-10(2)12-7-6-11(3)9-14(12)18-15-13(16)5-4-8-17-15/h4-10H,1-3H3. The van der Waals surface area contributed by atoms with E-state index in [2.05, 4.69) is 59.9 Å². The molecule has 0 N–H and O–H groups in total. The van der Waals surface area contributed by atoms with Crippen molar-refractivity contribution in [1.82, 2.24) is 4.98 Å². The lowest BCUT2D eigenvalue weighted by atomic mass is 10.0. The lowest BCUT2D eigenvalue weighted by Gasteiger charge is -2.14. The van der Waals surface area contributed by atoms with E-state index >= 15 is 0 Å². The first-order valence-corrected chi connectivity index (χ1v) is 6.76. The van der Waals surface area contributed by atoms with E-state index in [1.165, 1.54) is 11.1 Å². The van der Waals surface area contributed by atoms with Gasteiger partial charge in [0, 0.05) is 6.20 Å². The molecule has 1 heterocycles. The van der Waals surface area contributed by atoms with Crippen LogP contribution >= 0.6 is 15.9 Å². The Kier molecular flexibility index (Phi) is 4.02. The zero-order chi connectivity index (χ0) is 13.1. The average molecular weight is 306 g/mol. The molecule has 0 atom stereocenters. The van der Waals surface area contributed by atoms with Crippen LogP contribution in [0.2, 0.25) is 0 Å². The molecule has 0 bridgehead atoms. The highest BCUT2D eigenvalue weighted by molar-refractivity contribution is 9.10. The first-order chi connectivity index (χ1) is 8.58. The maximum absolute atomic E-state index is 5.92. The molecule has 18 heavy (non-hydrogen) atoms. The highest BCUT2D eigenvalue weighted by atomic mass is 79.9. The van der Waals surface area contributed by atoms with Gasteiger partial charge in [0.05, 0.1) is 4.47 Å². The molecule has 0 aliphatic heterocycles. The molecule has 0 aliphatic rings. The fourth-order valence-electron chi connectivity index (χ4n) is 1.76. The van der Waals surface area contributed by atoms with Crippen molar-refractivity contribution in [2.45, 2.75) is 26.7 Å². The monoisotopic (exact) mass is 305 g/mol. The van der Waals surface area contributed by atoms with Crippen LogP contribution in [0.15, 0.2) is 41.0 Å². The molecule has 0 saturated heterocycles. The third kappa shape index (κ3) is 2.91. The van der Waals surface area contributed by atoms with Crippen LogP contribution in [0.25, 0.3) is 0 Å². The molecule has 1 aromatic heterocycles. The highest BCUT2D eigenvalue weighted by Crippen LogP contribution is 2.33. The normalized spacial score (nSPS) is 10.7. The third-order valence-corrected chi connectivity index (χ3v) is 3.33. The Hall–Kier alpha value is -1.35. The van der Waals surface area contributed by atoms with E-state index in [1.54, 1.807) is 6.20 Å². The summed E-state index contributed by atoms with van der Waals surface area (Å²) in [4.78, 5) is 4.23. The Bertz CT molecular complexity index is 552. The summed E-state index contributed by atoms with van der Waals surface area (Å²) in [6, 6.07) is 10.1. The van der Waals surface area contributed by atoms with E-state index in [1.807, 2.05) is 12.1 Å². The van der Waals surface area contributed by atoms with Crippen molar-refractivity contribution in [3.05, 3.63) is 52.1 Å². The number of aromatic nitrogens is 1. The molecule has 0 saturated carbocycles. The van der Waals surface area contributed by atoms with Gasteiger partial charge in [-0.25, -0.2) is 4.98 Å². The minimum absolute atomic E-state index is 0.420. The zero-order valence-electron chi connectivity index (χ0n) is 10.8. The van der Waals surface area contributed by atoms with Crippen molar-refractivity contribution in [3.63, 3.8) is 0 Å². The van der Waals surface area contributed by atoms with E-state index in [0.717, 1.165) is 10.2 Å². The third-order valence-electron chi connectivity index (χ3n) is 2.72. The largest absolute Gasteiger partial charge is 0.438 e. The first-order valence-electron chi connectivity index (χ1n) is 5.97. The van der Waals surface area contributed by atoms with Crippen LogP contribution in [0, 0.1) is 6.92 Å². The molecule has 1 aromatic carbocycles. The number of pyridine rings is 1. The molecule has 94 valence electrons.